The van der Waals surface area contributed by atoms with Gasteiger partial charge in [-0.05, 0) is 66.2 Å². The summed E-state index contributed by atoms with van der Waals surface area (Å²) >= 11 is 0. The number of rotatable bonds is 14. The minimum atomic E-state index is 0.0644. The molecule has 2 atom stereocenters. The molecular formula is C35H52O2. The molecule has 0 N–H and O–H groups in total. The number of hydrogen-bond acceptors (Lipinski definition) is 2. The van der Waals surface area contributed by atoms with E-state index in [2.05, 4.69) is 62.4 Å². The first kappa shape index (κ1) is 28.4. The molecule has 1 aliphatic heterocycles. The Morgan fingerprint density at radius 2 is 1.14 bits per heavy atom. The summed E-state index contributed by atoms with van der Waals surface area (Å²) in [5.41, 5.74) is 5.36. The third-order valence-electron chi connectivity index (χ3n) is 8.91. The molecule has 37 heavy (non-hydrogen) atoms. The van der Waals surface area contributed by atoms with Gasteiger partial charge in [0.05, 0.1) is 19.3 Å². The van der Waals surface area contributed by atoms with Crippen molar-refractivity contribution >= 4 is 0 Å². The molecule has 4 rings (SSSR count). The van der Waals surface area contributed by atoms with Gasteiger partial charge in [0, 0.05) is 0 Å². The molecule has 2 aromatic carbocycles. The fraction of sp³-hybridized carbons (Fsp3) is 0.657. The zero-order valence-corrected chi connectivity index (χ0v) is 23.8. The maximum atomic E-state index is 6.20. The van der Waals surface area contributed by atoms with Crippen LogP contribution in [0.5, 0.6) is 0 Å². The van der Waals surface area contributed by atoms with Crippen LogP contribution in [0.1, 0.15) is 133 Å². The van der Waals surface area contributed by atoms with Gasteiger partial charge in [-0.3, -0.25) is 0 Å². The standard InChI is InChI=1S/C35H52O2/c1-3-5-7-9-11-13-34-26-37-35(27-36-34)33-24-22-32(23-25-33)31-20-18-30(19-21-31)29-16-14-28(15-17-29)12-10-8-6-4-2/h18-25,28-29,34-35H,3-17,26-27H2,1-2H3/t28-,29-,34-,35-/m1/s1. The molecule has 2 nitrogen and oxygen atoms in total. The second kappa shape index (κ2) is 15.7. The number of benzene rings is 2. The molecule has 1 saturated carbocycles. The molecule has 0 amide bonds. The van der Waals surface area contributed by atoms with Crippen molar-refractivity contribution in [2.45, 2.75) is 128 Å². The second-order valence-corrected chi connectivity index (χ2v) is 11.8. The average Bonchev–Trinajstić information content (AvgIpc) is 2.96. The monoisotopic (exact) mass is 504 g/mol. The van der Waals surface area contributed by atoms with E-state index < -0.39 is 0 Å². The van der Waals surface area contributed by atoms with Gasteiger partial charge < -0.3 is 9.47 Å². The summed E-state index contributed by atoms with van der Waals surface area (Å²) in [6, 6.07) is 18.4. The van der Waals surface area contributed by atoms with E-state index in [-0.39, 0.29) is 12.2 Å². The summed E-state index contributed by atoms with van der Waals surface area (Å²) < 4.78 is 12.3. The highest BCUT2D eigenvalue weighted by Gasteiger charge is 2.24. The van der Waals surface area contributed by atoms with Crippen molar-refractivity contribution in [1.82, 2.24) is 0 Å². The largest absolute Gasteiger partial charge is 0.373 e. The topological polar surface area (TPSA) is 18.5 Å². The average molecular weight is 505 g/mol. The van der Waals surface area contributed by atoms with Crippen molar-refractivity contribution in [1.29, 1.82) is 0 Å². The van der Waals surface area contributed by atoms with Crippen molar-refractivity contribution in [3.63, 3.8) is 0 Å². The molecule has 0 bridgehead atoms. The van der Waals surface area contributed by atoms with Crippen LogP contribution in [0.2, 0.25) is 0 Å². The number of ether oxygens (including phenoxy) is 2. The first-order valence-electron chi connectivity index (χ1n) is 15.7. The van der Waals surface area contributed by atoms with E-state index in [0.29, 0.717) is 6.61 Å². The molecule has 1 saturated heterocycles. The van der Waals surface area contributed by atoms with E-state index in [1.807, 2.05) is 0 Å². The summed E-state index contributed by atoms with van der Waals surface area (Å²) in [5, 5.41) is 0. The van der Waals surface area contributed by atoms with Gasteiger partial charge in [-0.15, -0.1) is 0 Å². The lowest BCUT2D eigenvalue weighted by atomic mass is 9.77. The van der Waals surface area contributed by atoms with Crippen molar-refractivity contribution in [2.75, 3.05) is 13.2 Å². The van der Waals surface area contributed by atoms with Crippen LogP contribution in [-0.2, 0) is 9.47 Å². The van der Waals surface area contributed by atoms with Crippen LogP contribution in [0.3, 0.4) is 0 Å². The van der Waals surface area contributed by atoms with Crippen molar-refractivity contribution in [2.24, 2.45) is 5.92 Å². The van der Waals surface area contributed by atoms with Gasteiger partial charge in [-0.25, -0.2) is 0 Å². The Morgan fingerprint density at radius 1 is 0.568 bits per heavy atom. The fourth-order valence-corrected chi connectivity index (χ4v) is 6.36. The molecule has 0 unspecified atom stereocenters. The van der Waals surface area contributed by atoms with Gasteiger partial charge in [0.15, 0.2) is 0 Å². The number of unbranched alkanes of at least 4 members (excludes halogenated alkanes) is 7. The highest BCUT2D eigenvalue weighted by molar-refractivity contribution is 5.64. The molecule has 0 radical (unpaired) electrons. The third kappa shape index (κ3) is 8.96. The summed E-state index contributed by atoms with van der Waals surface area (Å²) in [7, 11) is 0. The highest BCUT2D eigenvalue weighted by atomic mass is 16.6. The van der Waals surface area contributed by atoms with Crippen LogP contribution in [0.15, 0.2) is 48.5 Å². The highest BCUT2D eigenvalue weighted by Crippen LogP contribution is 2.38. The van der Waals surface area contributed by atoms with Gasteiger partial charge in [0.2, 0.25) is 0 Å². The molecule has 0 spiro atoms. The molecule has 2 aliphatic rings. The predicted octanol–water partition coefficient (Wildman–Crippen LogP) is 10.4. The summed E-state index contributed by atoms with van der Waals surface area (Å²) in [6.07, 6.45) is 20.7. The van der Waals surface area contributed by atoms with Crippen molar-refractivity contribution in [3.8, 4) is 11.1 Å². The van der Waals surface area contributed by atoms with E-state index in [4.69, 9.17) is 9.47 Å². The Hall–Kier alpha value is -1.64. The van der Waals surface area contributed by atoms with Gasteiger partial charge in [-0.2, -0.15) is 0 Å². The fourth-order valence-electron chi connectivity index (χ4n) is 6.36. The lowest BCUT2D eigenvalue weighted by Gasteiger charge is -2.30. The predicted molar refractivity (Wildman–Crippen MR) is 157 cm³/mol. The van der Waals surface area contributed by atoms with Crippen LogP contribution in [-0.4, -0.2) is 19.3 Å². The molecule has 204 valence electrons. The second-order valence-electron chi connectivity index (χ2n) is 11.8. The smallest absolute Gasteiger partial charge is 0.106 e. The zero-order valence-electron chi connectivity index (χ0n) is 23.8. The summed E-state index contributed by atoms with van der Waals surface area (Å²) in [4.78, 5) is 0. The Labute approximate surface area is 227 Å². The Bertz CT molecular complexity index is 855. The van der Waals surface area contributed by atoms with Crippen LogP contribution < -0.4 is 0 Å². The van der Waals surface area contributed by atoms with E-state index in [9.17, 15) is 0 Å². The Balaban J connectivity index is 1.20. The van der Waals surface area contributed by atoms with Crippen molar-refractivity contribution in [3.05, 3.63) is 59.7 Å². The first-order valence-corrected chi connectivity index (χ1v) is 15.7. The Morgan fingerprint density at radius 3 is 1.73 bits per heavy atom. The summed E-state index contributed by atoms with van der Waals surface area (Å²) in [6.45, 7) is 5.97. The van der Waals surface area contributed by atoms with E-state index in [1.54, 1.807) is 0 Å². The van der Waals surface area contributed by atoms with E-state index in [0.717, 1.165) is 24.9 Å². The molecule has 2 fully saturated rings. The number of hydrogen-bond donors (Lipinski definition) is 0. The minimum absolute atomic E-state index is 0.0644. The van der Waals surface area contributed by atoms with Crippen LogP contribution in [0.25, 0.3) is 11.1 Å². The third-order valence-corrected chi connectivity index (χ3v) is 8.91. The lowest BCUT2D eigenvalue weighted by molar-refractivity contribution is -0.137. The maximum Gasteiger partial charge on any atom is 0.106 e. The first-order chi connectivity index (χ1) is 18.3. The van der Waals surface area contributed by atoms with Gasteiger partial charge in [-0.1, -0.05) is 127 Å². The molecular weight excluding hydrogens is 452 g/mol. The lowest BCUT2D eigenvalue weighted by Crippen LogP contribution is -2.31. The molecule has 0 aromatic heterocycles. The van der Waals surface area contributed by atoms with E-state index in [1.165, 1.54) is 112 Å². The van der Waals surface area contributed by atoms with Crippen LogP contribution >= 0.6 is 0 Å². The minimum Gasteiger partial charge on any atom is -0.373 e. The Kier molecular flexibility index (Phi) is 12.0. The van der Waals surface area contributed by atoms with Gasteiger partial charge in [0.25, 0.3) is 0 Å². The van der Waals surface area contributed by atoms with Crippen molar-refractivity contribution < 1.29 is 9.47 Å². The van der Waals surface area contributed by atoms with Gasteiger partial charge in [0.1, 0.15) is 6.10 Å². The molecule has 2 heteroatoms. The molecule has 2 aromatic rings. The van der Waals surface area contributed by atoms with Gasteiger partial charge >= 0.3 is 0 Å². The SMILES string of the molecule is CCCCCCC[C@@H]1CO[C@@H](c2ccc(-c3ccc([C@H]4CC[C@H](CCCCCC)CC4)cc3)cc2)CO1. The zero-order chi connectivity index (χ0) is 25.7. The molecule has 1 aliphatic carbocycles. The molecule has 1 heterocycles. The maximum absolute atomic E-state index is 6.20. The quantitative estimate of drug-likeness (QED) is 0.238. The summed E-state index contributed by atoms with van der Waals surface area (Å²) in [5.74, 6) is 1.73. The normalized spacial score (nSPS) is 24.3. The van der Waals surface area contributed by atoms with Crippen LogP contribution in [0.4, 0.5) is 0 Å². The van der Waals surface area contributed by atoms with Crippen LogP contribution in [0, 0.1) is 5.92 Å². The van der Waals surface area contributed by atoms with E-state index >= 15 is 0 Å².